The number of imidazole rings is 1. The number of nitrogens with zero attached hydrogens (tertiary/aromatic N) is 1. The smallest absolute Gasteiger partial charge is 0.408 e. The highest BCUT2D eigenvalue weighted by molar-refractivity contribution is 5.97. The largest absolute Gasteiger partial charge is 0.469 e. The Morgan fingerprint density at radius 2 is 1.38 bits per heavy atom. The number of esters is 2. The van der Waals surface area contributed by atoms with Gasteiger partial charge in [-0.15, -0.1) is 0 Å². The van der Waals surface area contributed by atoms with E-state index in [9.17, 15) is 38.0 Å². The average Bonchev–Trinajstić information content (AvgIpc) is 3.87. The number of alkyl carbamates (subject to hydrolysis) is 1. The Balaban J connectivity index is 1.58. The summed E-state index contributed by atoms with van der Waals surface area (Å²) in [7, 11) is 2.20. The lowest BCUT2D eigenvalue weighted by atomic mass is 10.0. The Kier molecular flexibility index (Phi) is 15.4. The van der Waals surface area contributed by atoms with Crippen LogP contribution in [0.15, 0.2) is 73.3 Å². The van der Waals surface area contributed by atoms with E-state index in [-0.39, 0.29) is 32.3 Å². The minimum atomic E-state index is -1.61. The van der Waals surface area contributed by atoms with E-state index in [1.54, 1.807) is 36.5 Å². The first kappa shape index (κ1) is 41.2. The molecule has 17 nitrogen and oxygen atoms in total. The lowest BCUT2D eigenvalue weighted by Crippen LogP contribution is -2.58. The second-order valence-electron chi connectivity index (χ2n) is 12.3. The van der Waals surface area contributed by atoms with Gasteiger partial charge < -0.3 is 45.4 Å². The number of halogens is 1. The second-order valence-corrected chi connectivity index (χ2v) is 12.3. The summed E-state index contributed by atoms with van der Waals surface area (Å²) >= 11 is 0. The summed E-state index contributed by atoms with van der Waals surface area (Å²) in [6.45, 7) is -1.58. The van der Waals surface area contributed by atoms with Crippen molar-refractivity contribution in [1.82, 2.24) is 36.2 Å². The molecule has 2 aromatic heterocycles. The molecule has 55 heavy (non-hydrogen) atoms. The first-order chi connectivity index (χ1) is 26.5. The van der Waals surface area contributed by atoms with Crippen molar-refractivity contribution in [1.29, 1.82) is 0 Å². The third-order valence-electron chi connectivity index (χ3n) is 8.47. The normalized spacial score (nSPS) is 13.0. The van der Waals surface area contributed by atoms with Gasteiger partial charge in [-0.25, -0.2) is 14.2 Å². The molecule has 0 aliphatic carbocycles. The van der Waals surface area contributed by atoms with Crippen LogP contribution in [0.25, 0.3) is 10.9 Å². The van der Waals surface area contributed by atoms with Gasteiger partial charge >= 0.3 is 18.0 Å². The van der Waals surface area contributed by atoms with Crippen LogP contribution in [0.4, 0.5) is 9.18 Å². The number of ether oxygens (including phenoxy) is 3. The maximum absolute atomic E-state index is 14.0. The number of aromatic amines is 2. The molecular formula is C37H42FN7O10. The van der Waals surface area contributed by atoms with Gasteiger partial charge in [-0.3, -0.25) is 28.8 Å². The van der Waals surface area contributed by atoms with Crippen LogP contribution in [0, 0.1) is 0 Å². The molecule has 292 valence electrons. The number of H-pyrrole nitrogens is 2. The number of carbonyl (C=O) groups is 7. The molecule has 6 N–H and O–H groups in total. The first-order valence-electron chi connectivity index (χ1n) is 17.1. The van der Waals surface area contributed by atoms with Crippen LogP contribution in [0.3, 0.4) is 0 Å². The predicted molar refractivity (Wildman–Crippen MR) is 193 cm³/mol. The minimum absolute atomic E-state index is 0.0450. The summed E-state index contributed by atoms with van der Waals surface area (Å²) in [6, 6.07) is 10.3. The number of para-hydroxylation sites is 1. The zero-order valence-electron chi connectivity index (χ0n) is 30.1. The van der Waals surface area contributed by atoms with Crippen LogP contribution in [-0.2, 0) is 62.4 Å². The summed E-state index contributed by atoms with van der Waals surface area (Å²) < 4.78 is 28.0. The number of aromatic nitrogens is 3. The number of nitrogens with one attached hydrogen (secondary N) is 6. The summed E-state index contributed by atoms with van der Waals surface area (Å²) in [5.74, 6) is -5.44. The van der Waals surface area contributed by atoms with E-state index in [1.165, 1.54) is 12.5 Å². The number of hydrogen-bond acceptors (Lipinski definition) is 11. The molecule has 0 aliphatic rings. The monoisotopic (exact) mass is 763 g/mol. The molecule has 4 atom stereocenters. The zero-order chi connectivity index (χ0) is 39.7. The predicted octanol–water partition coefficient (Wildman–Crippen LogP) is 1.48. The SMILES string of the molecule is COC(=O)CC[C@H](NC(=O)[C@H](Cc1c[nH]c2ccccc12)NC(=O)OCc1ccccc1)C(=O)N[C@@H](Cc1cnc[nH]1)C(=O)N[C@@H](CC(=O)OC)C(=O)CF. The molecule has 2 aromatic carbocycles. The van der Waals surface area contributed by atoms with Crippen molar-refractivity contribution in [2.45, 2.75) is 62.9 Å². The van der Waals surface area contributed by atoms with Gasteiger partial charge in [0.2, 0.25) is 17.7 Å². The van der Waals surface area contributed by atoms with Crippen molar-refractivity contribution in [2.24, 2.45) is 0 Å². The van der Waals surface area contributed by atoms with Crippen molar-refractivity contribution >= 4 is 52.4 Å². The fourth-order valence-electron chi connectivity index (χ4n) is 5.50. The number of methoxy groups -OCH3 is 2. The van der Waals surface area contributed by atoms with E-state index in [2.05, 4.69) is 41.0 Å². The number of ketones is 1. The highest BCUT2D eigenvalue weighted by atomic mass is 19.1. The molecule has 4 rings (SSSR count). The number of benzene rings is 2. The van der Waals surface area contributed by atoms with E-state index >= 15 is 0 Å². The highest BCUT2D eigenvalue weighted by Crippen LogP contribution is 2.19. The van der Waals surface area contributed by atoms with Crippen molar-refractivity contribution < 1.29 is 52.2 Å². The van der Waals surface area contributed by atoms with Gasteiger partial charge in [0, 0.05) is 48.3 Å². The van der Waals surface area contributed by atoms with Crippen molar-refractivity contribution in [2.75, 3.05) is 20.9 Å². The maximum atomic E-state index is 14.0. The van der Waals surface area contributed by atoms with Crippen LogP contribution in [0.2, 0.25) is 0 Å². The van der Waals surface area contributed by atoms with Crippen LogP contribution in [-0.4, -0.2) is 102 Å². The van der Waals surface area contributed by atoms with Gasteiger partial charge in [0.05, 0.1) is 27.0 Å². The maximum Gasteiger partial charge on any atom is 0.408 e. The van der Waals surface area contributed by atoms with E-state index in [4.69, 9.17) is 9.47 Å². The van der Waals surface area contributed by atoms with Crippen LogP contribution in [0.1, 0.15) is 36.1 Å². The summed E-state index contributed by atoms with van der Waals surface area (Å²) in [5.41, 5.74) is 2.51. The Morgan fingerprint density at radius 3 is 2.05 bits per heavy atom. The molecule has 0 saturated carbocycles. The summed E-state index contributed by atoms with van der Waals surface area (Å²) in [5, 5.41) is 10.7. The molecule has 4 amide bonds. The van der Waals surface area contributed by atoms with Crippen molar-refractivity contribution in [3.63, 3.8) is 0 Å². The topological polar surface area (TPSA) is 240 Å². The lowest BCUT2D eigenvalue weighted by molar-refractivity contribution is -0.144. The Hall–Kier alpha value is -6.59. The molecule has 18 heteroatoms. The standard InChI is InChI=1S/C37H42FN7O10/c1-53-32(47)13-12-27(34(49)44-30(15-24-19-39-21-41-24)36(51)43-28(31(46)17-38)16-33(48)54-2)42-35(50)29(14-23-18-40-26-11-7-6-10-25(23)26)45-37(52)55-20-22-8-4-3-5-9-22/h3-11,18-19,21,27-30,40H,12-17,20H2,1-2H3,(H,39,41)(H,42,50)(H,43,51)(H,44,49)(H,45,52)/t27-,28-,29-,30-/m0/s1. The van der Waals surface area contributed by atoms with Gasteiger partial charge in [-0.2, -0.15) is 0 Å². The number of fused-ring (bicyclic) bond motifs is 1. The zero-order valence-corrected chi connectivity index (χ0v) is 30.1. The summed E-state index contributed by atoms with van der Waals surface area (Å²) in [4.78, 5) is 101. The average molecular weight is 764 g/mol. The molecule has 0 unspecified atom stereocenters. The van der Waals surface area contributed by atoms with Crippen molar-refractivity contribution in [3.8, 4) is 0 Å². The molecule has 0 radical (unpaired) electrons. The fraction of sp³-hybridized carbons (Fsp3) is 0.351. The number of hydrogen-bond donors (Lipinski definition) is 6. The van der Waals surface area contributed by atoms with Gasteiger partial charge in [0.15, 0.2) is 5.78 Å². The Labute approximate surface area is 314 Å². The highest BCUT2D eigenvalue weighted by Gasteiger charge is 2.33. The third-order valence-corrected chi connectivity index (χ3v) is 8.47. The number of alkyl halides is 1. The van der Waals surface area contributed by atoms with Crippen LogP contribution in [0.5, 0.6) is 0 Å². The molecule has 0 saturated heterocycles. The molecule has 0 spiro atoms. The van der Waals surface area contributed by atoms with Crippen LogP contribution < -0.4 is 21.3 Å². The molecule has 0 bridgehead atoms. The molecule has 0 aliphatic heterocycles. The number of carbonyl (C=O) groups excluding carboxylic acids is 7. The third kappa shape index (κ3) is 12.5. The molecule has 4 aromatic rings. The molecular weight excluding hydrogens is 721 g/mol. The van der Waals surface area contributed by atoms with Gasteiger partial charge in [0.1, 0.15) is 37.4 Å². The van der Waals surface area contributed by atoms with Crippen molar-refractivity contribution in [3.05, 3.63) is 90.1 Å². The quantitative estimate of drug-likeness (QED) is 0.0557. The van der Waals surface area contributed by atoms with Gasteiger partial charge in [-0.1, -0.05) is 48.5 Å². The number of amides is 4. The lowest BCUT2D eigenvalue weighted by Gasteiger charge is -2.26. The van der Waals surface area contributed by atoms with Gasteiger partial charge in [-0.05, 0) is 23.6 Å². The fourth-order valence-corrected chi connectivity index (χ4v) is 5.50. The first-order valence-corrected chi connectivity index (χ1v) is 17.1. The number of rotatable bonds is 20. The number of Topliss-reactive ketones (excluding diaryl/α,β-unsaturated/α-hetero) is 1. The Bertz CT molecular complexity index is 1940. The minimum Gasteiger partial charge on any atom is -0.469 e. The van der Waals surface area contributed by atoms with E-state index in [0.717, 1.165) is 25.1 Å². The Morgan fingerprint density at radius 1 is 0.745 bits per heavy atom. The summed E-state index contributed by atoms with van der Waals surface area (Å²) in [6.07, 6.45) is 1.89. The van der Waals surface area contributed by atoms with Gasteiger partial charge in [0.25, 0.3) is 0 Å². The van der Waals surface area contributed by atoms with E-state index < -0.39 is 78.8 Å². The van der Waals surface area contributed by atoms with Crippen LogP contribution >= 0.6 is 0 Å². The van der Waals surface area contributed by atoms with E-state index in [0.29, 0.717) is 16.8 Å². The van der Waals surface area contributed by atoms with E-state index in [1.807, 2.05) is 24.3 Å². The molecule has 2 heterocycles. The second kappa shape index (κ2) is 20.6. The molecule has 0 fully saturated rings.